The SMILES string of the molecule is CCN(C)Cc1cccc(CNC(=O)C(C)OCC2CC2)c1. The summed E-state index contributed by atoms with van der Waals surface area (Å²) in [5.41, 5.74) is 2.40. The molecule has 122 valence electrons. The van der Waals surface area contributed by atoms with E-state index in [1.807, 2.05) is 19.1 Å². The zero-order valence-electron chi connectivity index (χ0n) is 14.0. The Morgan fingerprint density at radius 2 is 2.14 bits per heavy atom. The number of hydrogen-bond donors (Lipinski definition) is 1. The Morgan fingerprint density at radius 3 is 2.82 bits per heavy atom. The molecule has 0 radical (unpaired) electrons. The molecule has 1 amide bonds. The molecule has 1 unspecified atom stereocenters. The average molecular weight is 304 g/mol. The Hall–Kier alpha value is -1.39. The van der Waals surface area contributed by atoms with Crippen molar-refractivity contribution in [2.45, 2.75) is 45.9 Å². The highest BCUT2D eigenvalue weighted by Gasteiger charge is 2.23. The fraction of sp³-hybridized carbons (Fsp3) is 0.611. The number of nitrogens with one attached hydrogen (secondary N) is 1. The highest BCUT2D eigenvalue weighted by molar-refractivity contribution is 5.80. The van der Waals surface area contributed by atoms with Crippen LogP contribution in [0, 0.1) is 5.92 Å². The molecule has 1 aliphatic rings. The average Bonchev–Trinajstić information content (AvgIpc) is 3.34. The van der Waals surface area contributed by atoms with Crippen molar-refractivity contribution >= 4 is 5.91 Å². The molecule has 4 nitrogen and oxygen atoms in total. The molecule has 0 bridgehead atoms. The van der Waals surface area contributed by atoms with Gasteiger partial charge in [0, 0.05) is 13.1 Å². The fourth-order valence-corrected chi connectivity index (χ4v) is 2.23. The van der Waals surface area contributed by atoms with Crippen LogP contribution < -0.4 is 5.32 Å². The van der Waals surface area contributed by atoms with E-state index in [9.17, 15) is 4.79 Å². The summed E-state index contributed by atoms with van der Waals surface area (Å²) in [6.07, 6.45) is 2.12. The number of ether oxygens (including phenoxy) is 1. The molecule has 0 heterocycles. The maximum atomic E-state index is 12.0. The summed E-state index contributed by atoms with van der Waals surface area (Å²) in [5.74, 6) is 0.652. The van der Waals surface area contributed by atoms with Crippen LogP contribution in [0.15, 0.2) is 24.3 Å². The van der Waals surface area contributed by atoms with Crippen LogP contribution in [0.1, 0.15) is 37.8 Å². The summed E-state index contributed by atoms with van der Waals surface area (Å²) in [5, 5.41) is 2.96. The van der Waals surface area contributed by atoms with Crippen LogP contribution >= 0.6 is 0 Å². The Bertz CT molecular complexity index is 486. The second kappa shape index (κ2) is 8.30. The van der Waals surface area contributed by atoms with Crippen molar-refractivity contribution in [1.29, 1.82) is 0 Å². The van der Waals surface area contributed by atoms with Crippen molar-refractivity contribution in [3.05, 3.63) is 35.4 Å². The van der Waals surface area contributed by atoms with E-state index in [1.54, 1.807) is 0 Å². The molecule has 4 heteroatoms. The lowest BCUT2D eigenvalue weighted by atomic mass is 10.1. The minimum absolute atomic E-state index is 0.0308. The van der Waals surface area contributed by atoms with Crippen LogP contribution in [0.5, 0.6) is 0 Å². The summed E-state index contributed by atoms with van der Waals surface area (Å²) in [4.78, 5) is 14.3. The summed E-state index contributed by atoms with van der Waals surface area (Å²) < 4.78 is 5.59. The molecule has 1 aliphatic carbocycles. The van der Waals surface area contributed by atoms with Gasteiger partial charge in [0.05, 0.1) is 6.61 Å². The summed E-state index contributed by atoms with van der Waals surface area (Å²) >= 11 is 0. The van der Waals surface area contributed by atoms with Gasteiger partial charge in [0.25, 0.3) is 0 Å². The molecule has 0 aliphatic heterocycles. The predicted molar refractivity (Wildman–Crippen MR) is 88.4 cm³/mol. The van der Waals surface area contributed by atoms with Crippen LogP contribution in [-0.4, -0.2) is 37.1 Å². The van der Waals surface area contributed by atoms with Gasteiger partial charge in [-0.1, -0.05) is 31.2 Å². The number of hydrogen-bond acceptors (Lipinski definition) is 3. The van der Waals surface area contributed by atoms with Crippen LogP contribution in [0.2, 0.25) is 0 Å². The molecular formula is C18H28N2O2. The smallest absolute Gasteiger partial charge is 0.249 e. The van der Waals surface area contributed by atoms with Crippen molar-refractivity contribution in [2.75, 3.05) is 20.2 Å². The van der Waals surface area contributed by atoms with E-state index in [-0.39, 0.29) is 12.0 Å². The first-order chi connectivity index (χ1) is 10.6. The van der Waals surface area contributed by atoms with Crippen molar-refractivity contribution in [2.24, 2.45) is 5.92 Å². The van der Waals surface area contributed by atoms with Gasteiger partial charge in [-0.15, -0.1) is 0 Å². The lowest BCUT2D eigenvalue weighted by molar-refractivity contribution is -0.132. The normalized spacial score (nSPS) is 15.8. The lowest BCUT2D eigenvalue weighted by Crippen LogP contribution is -2.34. The molecule has 1 N–H and O–H groups in total. The molecule has 1 atom stereocenters. The Morgan fingerprint density at radius 1 is 1.41 bits per heavy atom. The Balaban J connectivity index is 1.77. The molecule has 1 fully saturated rings. The molecular weight excluding hydrogens is 276 g/mol. The van der Waals surface area contributed by atoms with E-state index in [0.29, 0.717) is 19.1 Å². The first-order valence-electron chi connectivity index (χ1n) is 8.24. The van der Waals surface area contributed by atoms with E-state index in [0.717, 1.165) is 18.7 Å². The molecule has 1 saturated carbocycles. The van der Waals surface area contributed by atoms with E-state index in [2.05, 4.69) is 36.3 Å². The molecule has 1 aromatic rings. The lowest BCUT2D eigenvalue weighted by Gasteiger charge is -2.15. The monoisotopic (exact) mass is 304 g/mol. The fourth-order valence-electron chi connectivity index (χ4n) is 2.23. The number of rotatable bonds is 9. The van der Waals surface area contributed by atoms with Gasteiger partial charge < -0.3 is 15.0 Å². The Kier molecular flexibility index (Phi) is 6.40. The third kappa shape index (κ3) is 5.78. The summed E-state index contributed by atoms with van der Waals surface area (Å²) in [7, 11) is 2.10. The van der Waals surface area contributed by atoms with Crippen LogP contribution in [0.25, 0.3) is 0 Å². The zero-order valence-corrected chi connectivity index (χ0v) is 14.0. The van der Waals surface area contributed by atoms with Gasteiger partial charge in [0.1, 0.15) is 6.10 Å². The van der Waals surface area contributed by atoms with Crippen LogP contribution in [-0.2, 0) is 22.6 Å². The van der Waals surface area contributed by atoms with Crippen molar-refractivity contribution < 1.29 is 9.53 Å². The predicted octanol–water partition coefficient (Wildman–Crippen LogP) is 2.57. The third-order valence-electron chi connectivity index (χ3n) is 4.10. The van der Waals surface area contributed by atoms with E-state index in [1.165, 1.54) is 18.4 Å². The minimum Gasteiger partial charge on any atom is -0.368 e. The Labute approximate surface area is 133 Å². The number of nitrogens with zero attached hydrogens (tertiary/aromatic N) is 1. The molecule has 22 heavy (non-hydrogen) atoms. The van der Waals surface area contributed by atoms with E-state index < -0.39 is 0 Å². The topological polar surface area (TPSA) is 41.6 Å². The maximum absolute atomic E-state index is 12.0. The second-order valence-electron chi connectivity index (χ2n) is 6.29. The standard InChI is InChI=1S/C18H28N2O2/c1-4-20(3)12-17-7-5-6-16(10-17)11-19-18(21)14(2)22-13-15-8-9-15/h5-7,10,14-15H,4,8-9,11-13H2,1-3H3,(H,19,21). The van der Waals surface area contributed by atoms with Crippen LogP contribution in [0.3, 0.4) is 0 Å². The molecule has 0 spiro atoms. The van der Waals surface area contributed by atoms with E-state index >= 15 is 0 Å². The quantitative estimate of drug-likeness (QED) is 0.762. The number of benzene rings is 1. The molecule has 2 rings (SSSR count). The third-order valence-corrected chi connectivity index (χ3v) is 4.10. The number of carbonyl (C=O) groups excluding carboxylic acids is 1. The van der Waals surface area contributed by atoms with Crippen molar-refractivity contribution in [3.8, 4) is 0 Å². The van der Waals surface area contributed by atoms with Gasteiger partial charge in [0.2, 0.25) is 5.91 Å². The zero-order chi connectivity index (χ0) is 15.9. The maximum Gasteiger partial charge on any atom is 0.249 e. The van der Waals surface area contributed by atoms with Gasteiger partial charge in [0.15, 0.2) is 0 Å². The minimum atomic E-state index is -0.366. The van der Waals surface area contributed by atoms with Gasteiger partial charge in [-0.2, -0.15) is 0 Å². The first kappa shape index (κ1) is 17.0. The number of amides is 1. The number of carbonyl (C=O) groups is 1. The van der Waals surface area contributed by atoms with Crippen molar-refractivity contribution in [3.63, 3.8) is 0 Å². The summed E-state index contributed by atoms with van der Waals surface area (Å²) in [6, 6.07) is 8.37. The van der Waals surface area contributed by atoms with Crippen molar-refractivity contribution in [1.82, 2.24) is 10.2 Å². The van der Waals surface area contributed by atoms with Gasteiger partial charge >= 0.3 is 0 Å². The summed E-state index contributed by atoms with van der Waals surface area (Å²) in [6.45, 7) is 7.19. The van der Waals surface area contributed by atoms with Crippen LogP contribution in [0.4, 0.5) is 0 Å². The second-order valence-corrected chi connectivity index (χ2v) is 6.29. The highest BCUT2D eigenvalue weighted by Crippen LogP contribution is 2.29. The largest absolute Gasteiger partial charge is 0.368 e. The highest BCUT2D eigenvalue weighted by atomic mass is 16.5. The van der Waals surface area contributed by atoms with Gasteiger partial charge in [-0.05, 0) is 50.4 Å². The van der Waals surface area contributed by atoms with Gasteiger partial charge in [-0.25, -0.2) is 0 Å². The van der Waals surface area contributed by atoms with Gasteiger partial charge in [-0.3, -0.25) is 4.79 Å². The van der Waals surface area contributed by atoms with E-state index in [4.69, 9.17) is 4.74 Å². The molecule has 1 aromatic carbocycles. The molecule has 0 aromatic heterocycles. The molecule has 0 saturated heterocycles. The first-order valence-corrected chi connectivity index (χ1v) is 8.24.